The number of hydrogen-bond acceptors (Lipinski definition) is 3. The minimum Gasteiger partial charge on any atom is -0.411 e. The summed E-state index contributed by atoms with van der Waals surface area (Å²) in [6.07, 6.45) is 0.769. The van der Waals surface area contributed by atoms with E-state index in [4.69, 9.17) is 5.21 Å². The van der Waals surface area contributed by atoms with Crippen molar-refractivity contribution < 1.29 is 10.0 Å². The molecule has 0 aliphatic heterocycles. The SMILES string of the molecule is C/C(=N/O)c1ccc(C(=O)NC[Si](C)(C)C)cc1. The summed E-state index contributed by atoms with van der Waals surface area (Å²) in [6, 6.07) is 7.03. The minimum absolute atomic E-state index is 0.0532. The van der Waals surface area contributed by atoms with Gasteiger partial charge in [-0.05, 0) is 24.6 Å². The number of amides is 1. The molecule has 0 spiro atoms. The summed E-state index contributed by atoms with van der Waals surface area (Å²) in [4.78, 5) is 11.9. The van der Waals surface area contributed by atoms with Gasteiger partial charge in [0.2, 0.25) is 0 Å². The second-order valence-electron chi connectivity index (χ2n) is 5.51. The minimum atomic E-state index is -1.27. The van der Waals surface area contributed by atoms with E-state index >= 15 is 0 Å². The highest BCUT2D eigenvalue weighted by Gasteiger charge is 2.15. The zero-order valence-electron chi connectivity index (χ0n) is 11.3. The van der Waals surface area contributed by atoms with Crippen molar-refractivity contribution in [3.63, 3.8) is 0 Å². The van der Waals surface area contributed by atoms with Crippen molar-refractivity contribution in [3.8, 4) is 0 Å². The highest BCUT2D eigenvalue weighted by molar-refractivity contribution is 6.76. The molecule has 0 atom stereocenters. The maximum Gasteiger partial charge on any atom is 0.251 e. The summed E-state index contributed by atoms with van der Waals surface area (Å²) in [7, 11) is -1.27. The van der Waals surface area contributed by atoms with E-state index in [0.717, 1.165) is 11.7 Å². The molecular formula is C13H20N2O2Si. The van der Waals surface area contributed by atoms with Gasteiger partial charge < -0.3 is 10.5 Å². The summed E-state index contributed by atoms with van der Waals surface area (Å²) in [5, 5.41) is 14.7. The van der Waals surface area contributed by atoms with E-state index in [9.17, 15) is 4.79 Å². The van der Waals surface area contributed by atoms with Crippen LogP contribution in [0.3, 0.4) is 0 Å². The van der Waals surface area contributed by atoms with Crippen LogP contribution in [0.5, 0.6) is 0 Å². The summed E-state index contributed by atoms with van der Waals surface area (Å²) in [6.45, 7) is 8.33. The lowest BCUT2D eigenvalue weighted by molar-refractivity contribution is 0.0959. The third-order valence-corrected chi connectivity index (χ3v) is 3.73. The number of nitrogens with one attached hydrogen (secondary N) is 1. The van der Waals surface area contributed by atoms with Crippen molar-refractivity contribution in [2.24, 2.45) is 5.16 Å². The predicted molar refractivity (Wildman–Crippen MR) is 76.1 cm³/mol. The monoisotopic (exact) mass is 264 g/mol. The third kappa shape index (κ3) is 4.33. The van der Waals surface area contributed by atoms with Crippen LogP contribution in [0.4, 0.5) is 0 Å². The maximum atomic E-state index is 11.9. The Hall–Kier alpha value is -1.62. The summed E-state index contributed by atoms with van der Waals surface area (Å²) in [5.74, 6) is -0.0532. The first-order chi connectivity index (χ1) is 8.33. The Kier molecular flexibility index (Phi) is 4.67. The maximum absolute atomic E-state index is 11.9. The fourth-order valence-corrected chi connectivity index (χ4v) is 2.06. The van der Waals surface area contributed by atoms with E-state index in [1.54, 1.807) is 31.2 Å². The highest BCUT2D eigenvalue weighted by atomic mass is 28.3. The van der Waals surface area contributed by atoms with Gasteiger partial charge in [0.15, 0.2) is 0 Å². The molecule has 0 heterocycles. The Morgan fingerprint density at radius 1 is 1.22 bits per heavy atom. The molecule has 2 N–H and O–H groups in total. The molecular weight excluding hydrogens is 244 g/mol. The molecule has 0 aromatic heterocycles. The molecule has 0 aliphatic carbocycles. The molecule has 1 rings (SSSR count). The largest absolute Gasteiger partial charge is 0.411 e. The standard InChI is InChI=1S/C13H20N2O2Si/c1-10(15-17)11-5-7-12(8-6-11)13(16)14-9-18(2,3)4/h5-8,17H,9H2,1-4H3,(H,14,16)/b15-10-. The zero-order valence-corrected chi connectivity index (χ0v) is 12.3. The third-order valence-electron chi connectivity index (χ3n) is 2.49. The molecule has 0 aliphatic rings. The van der Waals surface area contributed by atoms with Gasteiger partial charge in [-0.2, -0.15) is 0 Å². The first kappa shape index (κ1) is 14.4. The van der Waals surface area contributed by atoms with Gasteiger partial charge in [0.1, 0.15) is 0 Å². The molecule has 0 saturated carbocycles. The number of hydrogen-bond donors (Lipinski definition) is 2. The summed E-state index contributed by atoms with van der Waals surface area (Å²) in [5.41, 5.74) is 1.96. The van der Waals surface area contributed by atoms with Crippen LogP contribution in [0.15, 0.2) is 29.4 Å². The van der Waals surface area contributed by atoms with Crippen LogP contribution < -0.4 is 5.32 Å². The Labute approximate surface area is 109 Å². The second kappa shape index (κ2) is 5.82. The number of benzene rings is 1. The predicted octanol–water partition coefficient (Wildman–Crippen LogP) is 2.49. The fraction of sp³-hybridized carbons (Fsp3) is 0.385. The smallest absolute Gasteiger partial charge is 0.251 e. The topological polar surface area (TPSA) is 61.7 Å². The van der Waals surface area contributed by atoms with E-state index in [1.165, 1.54) is 0 Å². The number of rotatable bonds is 4. The van der Waals surface area contributed by atoms with Crippen LogP contribution in [-0.4, -0.2) is 31.1 Å². The number of nitrogens with zero attached hydrogens (tertiary/aromatic N) is 1. The summed E-state index contributed by atoms with van der Waals surface area (Å²) < 4.78 is 0. The van der Waals surface area contributed by atoms with Crippen LogP contribution in [0.2, 0.25) is 19.6 Å². The van der Waals surface area contributed by atoms with Crippen molar-refractivity contribution in [1.29, 1.82) is 0 Å². The van der Waals surface area contributed by atoms with Gasteiger partial charge in [-0.1, -0.05) is 36.9 Å². The quantitative estimate of drug-likeness (QED) is 0.380. The average molecular weight is 264 g/mol. The molecule has 98 valence electrons. The van der Waals surface area contributed by atoms with Crippen LogP contribution in [-0.2, 0) is 0 Å². The molecule has 1 aromatic carbocycles. The van der Waals surface area contributed by atoms with Gasteiger partial charge in [0.05, 0.1) is 13.8 Å². The molecule has 5 heteroatoms. The van der Waals surface area contributed by atoms with Gasteiger partial charge in [-0.25, -0.2) is 0 Å². The van der Waals surface area contributed by atoms with Crippen molar-refractivity contribution in [2.75, 3.05) is 6.17 Å². The Morgan fingerprint density at radius 3 is 2.17 bits per heavy atom. The van der Waals surface area contributed by atoms with E-state index in [2.05, 4.69) is 30.1 Å². The average Bonchev–Trinajstić information content (AvgIpc) is 2.34. The number of carbonyl (C=O) groups is 1. The molecule has 0 bridgehead atoms. The van der Waals surface area contributed by atoms with Crippen LogP contribution in [0.25, 0.3) is 0 Å². The fourth-order valence-electron chi connectivity index (χ4n) is 1.37. The molecule has 0 unspecified atom stereocenters. The first-order valence-electron chi connectivity index (χ1n) is 5.91. The highest BCUT2D eigenvalue weighted by Crippen LogP contribution is 2.06. The van der Waals surface area contributed by atoms with Gasteiger partial charge in [0, 0.05) is 11.7 Å². The van der Waals surface area contributed by atoms with Gasteiger partial charge >= 0.3 is 0 Å². The molecule has 0 saturated heterocycles. The molecule has 0 fully saturated rings. The van der Waals surface area contributed by atoms with Gasteiger partial charge in [-0.3, -0.25) is 4.79 Å². The number of carbonyl (C=O) groups excluding carboxylic acids is 1. The zero-order chi connectivity index (χ0) is 13.8. The van der Waals surface area contributed by atoms with E-state index in [-0.39, 0.29) is 5.91 Å². The van der Waals surface area contributed by atoms with Crippen molar-refractivity contribution >= 4 is 19.7 Å². The van der Waals surface area contributed by atoms with Crippen LogP contribution in [0.1, 0.15) is 22.8 Å². The first-order valence-corrected chi connectivity index (χ1v) is 9.61. The Balaban J connectivity index is 2.71. The molecule has 18 heavy (non-hydrogen) atoms. The van der Waals surface area contributed by atoms with Crippen molar-refractivity contribution in [3.05, 3.63) is 35.4 Å². The van der Waals surface area contributed by atoms with Crippen molar-refractivity contribution in [1.82, 2.24) is 5.32 Å². The van der Waals surface area contributed by atoms with E-state index in [0.29, 0.717) is 11.3 Å². The lowest BCUT2D eigenvalue weighted by Crippen LogP contribution is -2.39. The van der Waals surface area contributed by atoms with Crippen LogP contribution >= 0.6 is 0 Å². The molecule has 0 radical (unpaired) electrons. The van der Waals surface area contributed by atoms with E-state index < -0.39 is 8.07 Å². The molecule has 4 nitrogen and oxygen atoms in total. The lowest BCUT2D eigenvalue weighted by atomic mass is 10.1. The van der Waals surface area contributed by atoms with Gasteiger partial charge in [0.25, 0.3) is 5.91 Å². The summed E-state index contributed by atoms with van der Waals surface area (Å²) >= 11 is 0. The molecule has 1 aromatic rings. The lowest BCUT2D eigenvalue weighted by Gasteiger charge is -2.16. The molecule has 1 amide bonds. The van der Waals surface area contributed by atoms with Crippen molar-refractivity contribution in [2.45, 2.75) is 26.6 Å². The number of oxime groups is 1. The van der Waals surface area contributed by atoms with Gasteiger partial charge in [-0.15, -0.1) is 0 Å². The second-order valence-corrected chi connectivity index (χ2v) is 11.0. The van der Waals surface area contributed by atoms with E-state index in [1.807, 2.05) is 0 Å². The Morgan fingerprint density at radius 2 is 1.72 bits per heavy atom. The normalized spacial score (nSPS) is 12.3. The Bertz CT molecular complexity index is 447. The van der Waals surface area contributed by atoms with Crippen LogP contribution in [0, 0.1) is 0 Å².